The van der Waals surface area contributed by atoms with Crippen LogP contribution in [0.15, 0.2) is 65.8 Å². The van der Waals surface area contributed by atoms with E-state index in [0.717, 1.165) is 23.3 Å². The predicted molar refractivity (Wildman–Crippen MR) is 142 cm³/mol. The number of aryl methyl sites for hydroxylation is 1. The third-order valence-corrected chi connectivity index (χ3v) is 5.51. The molecule has 40 heavy (non-hydrogen) atoms. The van der Waals surface area contributed by atoms with Crippen LogP contribution < -0.4 is 25.5 Å². The van der Waals surface area contributed by atoms with Crippen molar-refractivity contribution in [3.05, 3.63) is 87.9 Å². The quantitative estimate of drug-likeness (QED) is 0.197. The van der Waals surface area contributed by atoms with E-state index in [4.69, 9.17) is 21.1 Å². The van der Waals surface area contributed by atoms with Gasteiger partial charge in [-0.1, -0.05) is 47.5 Å². The number of ether oxygens (including phenoxy) is 2. The van der Waals surface area contributed by atoms with Gasteiger partial charge in [0.25, 0.3) is 5.91 Å². The average Bonchev–Trinajstić information content (AvgIpc) is 2.91. The Hall–Kier alpha value is -4.58. The highest BCUT2D eigenvalue weighted by Crippen LogP contribution is 2.36. The first-order chi connectivity index (χ1) is 19.0. The first-order valence-corrected chi connectivity index (χ1v) is 12.0. The molecule has 0 aliphatic rings. The second kappa shape index (κ2) is 13.5. The van der Waals surface area contributed by atoms with Crippen LogP contribution in [0.25, 0.3) is 0 Å². The second-order valence-corrected chi connectivity index (χ2v) is 8.72. The van der Waals surface area contributed by atoms with Crippen LogP contribution in [-0.4, -0.2) is 37.7 Å². The number of nitrogens with zero attached hydrogens (tertiary/aromatic N) is 1. The topological polar surface area (TPSA) is 118 Å². The lowest BCUT2D eigenvalue weighted by Gasteiger charge is -2.14. The summed E-state index contributed by atoms with van der Waals surface area (Å²) < 4.78 is 49.3. The first kappa shape index (κ1) is 30.0. The number of hydrogen-bond donors (Lipinski definition) is 3. The number of nitrogens with one attached hydrogen (secondary N) is 3. The molecule has 0 saturated heterocycles. The van der Waals surface area contributed by atoms with E-state index in [2.05, 4.69) is 21.2 Å². The van der Waals surface area contributed by atoms with Gasteiger partial charge >= 0.3 is 18.0 Å². The zero-order valence-corrected chi connectivity index (χ0v) is 22.0. The summed E-state index contributed by atoms with van der Waals surface area (Å²) in [6, 6.07) is 14.4. The number of rotatable bonds is 9. The van der Waals surface area contributed by atoms with Crippen LogP contribution in [0.1, 0.15) is 22.3 Å². The van der Waals surface area contributed by atoms with Gasteiger partial charge in [-0.05, 0) is 48.4 Å². The molecule has 3 amide bonds. The number of hydrogen-bond acceptors (Lipinski definition) is 6. The van der Waals surface area contributed by atoms with Gasteiger partial charge in [-0.15, -0.1) is 0 Å². The standard InChI is InChI=1S/C27H24ClF3N4O5/c1-16-6-8-17(9-7-16)13-32-25(37)26(38)35-33-14-18-10-21(28)24(22(11-18)39-2)40-15-23(36)34-20-5-3-4-19(12-20)27(29,30)31/h3-12,14H,13,15H2,1-2H3,(H,32,37)(H,34,36)(H,35,38)/b33-14-. The van der Waals surface area contributed by atoms with E-state index in [1.165, 1.54) is 37.6 Å². The number of halogens is 4. The average molecular weight is 577 g/mol. The summed E-state index contributed by atoms with van der Waals surface area (Å²) in [5.74, 6) is -2.47. The number of benzene rings is 3. The number of methoxy groups -OCH3 is 1. The molecule has 0 bridgehead atoms. The summed E-state index contributed by atoms with van der Waals surface area (Å²) >= 11 is 6.25. The summed E-state index contributed by atoms with van der Waals surface area (Å²) in [4.78, 5) is 36.2. The van der Waals surface area contributed by atoms with Crippen LogP contribution in [0.3, 0.4) is 0 Å². The minimum Gasteiger partial charge on any atom is -0.493 e. The fourth-order valence-corrected chi connectivity index (χ4v) is 3.52. The number of anilines is 1. The smallest absolute Gasteiger partial charge is 0.416 e. The largest absolute Gasteiger partial charge is 0.493 e. The van der Waals surface area contributed by atoms with Crippen molar-refractivity contribution in [2.45, 2.75) is 19.6 Å². The number of carbonyl (C=O) groups excluding carboxylic acids is 3. The normalized spacial score (nSPS) is 11.2. The van der Waals surface area contributed by atoms with Crippen molar-refractivity contribution < 1.29 is 37.0 Å². The third-order valence-electron chi connectivity index (χ3n) is 5.23. The molecule has 0 spiro atoms. The SMILES string of the molecule is COc1cc(/C=N\NC(=O)C(=O)NCc2ccc(C)cc2)cc(Cl)c1OCC(=O)Nc1cccc(C(F)(F)F)c1. The molecule has 0 aliphatic carbocycles. The zero-order chi connectivity index (χ0) is 29.3. The Kier molecular flexibility index (Phi) is 10.1. The molecule has 3 rings (SSSR count). The molecule has 0 atom stereocenters. The summed E-state index contributed by atoms with van der Waals surface area (Å²) in [6.07, 6.45) is -3.34. The van der Waals surface area contributed by atoms with Gasteiger partial charge in [0.15, 0.2) is 18.1 Å². The Balaban J connectivity index is 1.55. The predicted octanol–water partition coefficient (Wildman–Crippen LogP) is 4.46. The van der Waals surface area contributed by atoms with Crippen LogP contribution in [0.2, 0.25) is 5.02 Å². The molecule has 0 aromatic heterocycles. The highest BCUT2D eigenvalue weighted by molar-refractivity contribution is 6.35. The van der Waals surface area contributed by atoms with Crippen LogP contribution in [-0.2, 0) is 27.1 Å². The molecule has 0 saturated carbocycles. The Morgan fingerprint density at radius 2 is 1.75 bits per heavy atom. The Morgan fingerprint density at radius 3 is 2.42 bits per heavy atom. The maximum atomic E-state index is 12.9. The monoisotopic (exact) mass is 576 g/mol. The number of amides is 3. The van der Waals surface area contributed by atoms with E-state index in [-0.39, 0.29) is 28.8 Å². The summed E-state index contributed by atoms with van der Waals surface area (Å²) in [5.41, 5.74) is 3.40. The highest BCUT2D eigenvalue weighted by Gasteiger charge is 2.30. The lowest BCUT2D eigenvalue weighted by Crippen LogP contribution is -2.37. The molecule has 3 aromatic carbocycles. The van der Waals surface area contributed by atoms with Crippen LogP contribution >= 0.6 is 11.6 Å². The zero-order valence-electron chi connectivity index (χ0n) is 21.3. The Labute approximate surface area is 232 Å². The van der Waals surface area contributed by atoms with Gasteiger partial charge in [-0.3, -0.25) is 14.4 Å². The van der Waals surface area contributed by atoms with Gasteiger partial charge in [0.2, 0.25) is 0 Å². The van der Waals surface area contributed by atoms with Gasteiger partial charge < -0.3 is 20.1 Å². The minimum absolute atomic E-state index is 0.0000259. The molecule has 210 valence electrons. The van der Waals surface area contributed by atoms with E-state index in [0.29, 0.717) is 5.56 Å². The fraction of sp³-hybridized carbons (Fsp3) is 0.185. The van der Waals surface area contributed by atoms with Gasteiger partial charge in [0.05, 0.1) is 23.9 Å². The van der Waals surface area contributed by atoms with E-state index < -0.39 is 36.1 Å². The molecule has 13 heteroatoms. The van der Waals surface area contributed by atoms with Crippen LogP contribution in [0, 0.1) is 6.92 Å². The molecule has 0 heterocycles. The van der Waals surface area contributed by atoms with Gasteiger partial charge in [0.1, 0.15) is 0 Å². The first-order valence-electron chi connectivity index (χ1n) is 11.6. The van der Waals surface area contributed by atoms with Crippen LogP contribution in [0.4, 0.5) is 18.9 Å². The Bertz CT molecular complexity index is 1410. The van der Waals surface area contributed by atoms with Crippen molar-refractivity contribution >= 4 is 41.2 Å². The van der Waals surface area contributed by atoms with E-state index in [9.17, 15) is 27.6 Å². The van der Waals surface area contributed by atoms with Gasteiger partial charge in [-0.2, -0.15) is 18.3 Å². The van der Waals surface area contributed by atoms with Crippen molar-refractivity contribution in [3.63, 3.8) is 0 Å². The number of carbonyl (C=O) groups is 3. The van der Waals surface area contributed by atoms with Gasteiger partial charge in [-0.25, -0.2) is 5.43 Å². The molecule has 0 unspecified atom stereocenters. The number of alkyl halides is 3. The summed E-state index contributed by atoms with van der Waals surface area (Å²) in [5, 5.41) is 8.56. The molecule has 0 fully saturated rings. The van der Waals surface area contributed by atoms with E-state index in [1.54, 1.807) is 0 Å². The second-order valence-electron chi connectivity index (χ2n) is 8.32. The summed E-state index contributed by atoms with van der Waals surface area (Å²) in [7, 11) is 1.32. The maximum Gasteiger partial charge on any atom is 0.416 e. The number of hydrazone groups is 1. The summed E-state index contributed by atoms with van der Waals surface area (Å²) in [6.45, 7) is 1.53. The van der Waals surface area contributed by atoms with Crippen molar-refractivity contribution in [1.82, 2.24) is 10.7 Å². The molecular weight excluding hydrogens is 553 g/mol. The van der Waals surface area contributed by atoms with Crippen molar-refractivity contribution in [1.29, 1.82) is 0 Å². The van der Waals surface area contributed by atoms with Gasteiger partial charge in [0, 0.05) is 12.2 Å². The molecule has 9 nitrogen and oxygen atoms in total. The molecule has 3 N–H and O–H groups in total. The maximum absolute atomic E-state index is 12.9. The van der Waals surface area contributed by atoms with E-state index >= 15 is 0 Å². The fourth-order valence-electron chi connectivity index (χ4n) is 3.25. The third kappa shape index (κ3) is 8.73. The molecule has 3 aromatic rings. The van der Waals surface area contributed by atoms with Crippen molar-refractivity contribution in [2.24, 2.45) is 5.10 Å². The molecule has 0 aliphatic heterocycles. The van der Waals surface area contributed by atoms with E-state index in [1.807, 2.05) is 31.2 Å². The minimum atomic E-state index is -4.56. The lowest BCUT2D eigenvalue weighted by atomic mass is 10.1. The van der Waals surface area contributed by atoms with Crippen LogP contribution in [0.5, 0.6) is 11.5 Å². The highest BCUT2D eigenvalue weighted by atomic mass is 35.5. The Morgan fingerprint density at radius 1 is 1.02 bits per heavy atom. The lowest BCUT2D eigenvalue weighted by molar-refractivity contribution is -0.139. The molecular formula is C27H24ClF3N4O5. The van der Waals surface area contributed by atoms with Crippen molar-refractivity contribution in [3.8, 4) is 11.5 Å². The molecule has 0 radical (unpaired) electrons. The van der Waals surface area contributed by atoms with Crippen molar-refractivity contribution in [2.75, 3.05) is 19.0 Å².